The van der Waals surface area contributed by atoms with E-state index in [2.05, 4.69) is 9.97 Å². The first kappa shape index (κ1) is 12.0. The summed E-state index contributed by atoms with van der Waals surface area (Å²) < 4.78 is 18.5. The van der Waals surface area contributed by atoms with Crippen LogP contribution in [0.1, 0.15) is 5.56 Å². The second-order valence-electron chi connectivity index (χ2n) is 3.47. The molecule has 1 heterocycles. The van der Waals surface area contributed by atoms with Crippen LogP contribution in [0.5, 0.6) is 0 Å². The predicted octanol–water partition coefficient (Wildman–Crippen LogP) is 3.08. The standard InChI is InChI=1S/C12H10ClFN2O/c1-17-7-8-2-4-9(5-3-8)11-10(14)6-15-12(13)16-11/h2-6H,7H2,1H3. The SMILES string of the molecule is COCc1ccc(-c2nc(Cl)ncc2F)cc1. The summed E-state index contributed by atoms with van der Waals surface area (Å²) in [4.78, 5) is 7.44. The van der Waals surface area contributed by atoms with Crippen LogP contribution in [0.15, 0.2) is 30.5 Å². The van der Waals surface area contributed by atoms with Crippen LogP contribution in [-0.4, -0.2) is 17.1 Å². The minimum atomic E-state index is -0.492. The fraction of sp³-hybridized carbons (Fsp3) is 0.167. The normalized spacial score (nSPS) is 10.5. The first-order valence-electron chi connectivity index (χ1n) is 4.97. The summed E-state index contributed by atoms with van der Waals surface area (Å²) in [6, 6.07) is 7.26. The van der Waals surface area contributed by atoms with Gasteiger partial charge in [-0.15, -0.1) is 0 Å². The van der Waals surface area contributed by atoms with Gasteiger partial charge in [0, 0.05) is 12.7 Å². The Morgan fingerprint density at radius 3 is 2.65 bits per heavy atom. The lowest BCUT2D eigenvalue weighted by atomic mass is 10.1. The van der Waals surface area contributed by atoms with Gasteiger partial charge in [-0.1, -0.05) is 24.3 Å². The third-order valence-corrected chi connectivity index (χ3v) is 2.44. The molecular weight excluding hydrogens is 243 g/mol. The molecule has 0 aliphatic heterocycles. The van der Waals surface area contributed by atoms with E-state index in [0.29, 0.717) is 12.2 Å². The Kier molecular flexibility index (Phi) is 3.66. The Labute approximate surface area is 103 Å². The van der Waals surface area contributed by atoms with Crippen molar-refractivity contribution in [1.29, 1.82) is 0 Å². The summed E-state index contributed by atoms with van der Waals surface area (Å²) in [6.07, 6.45) is 1.06. The van der Waals surface area contributed by atoms with Gasteiger partial charge in [-0.25, -0.2) is 14.4 Å². The lowest BCUT2D eigenvalue weighted by Gasteiger charge is -2.04. The molecule has 0 bridgehead atoms. The van der Waals surface area contributed by atoms with Crippen molar-refractivity contribution in [2.75, 3.05) is 7.11 Å². The number of nitrogens with zero attached hydrogens (tertiary/aromatic N) is 2. The number of benzene rings is 1. The lowest BCUT2D eigenvalue weighted by molar-refractivity contribution is 0.185. The number of halogens is 2. The average Bonchev–Trinajstić information content (AvgIpc) is 2.34. The zero-order valence-electron chi connectivity index (χ0n) is 9.15. The highest BCUT2D eigenvalue weighted by atomic mass is 35.5. The van der Waals surface area contributed by atoms with Crippen LogP contribution in [0.4, 0.5) is 4.39 Å². The molecular formula is C12H10ClFN2O. The average molecular weight is 253 g/mol. The molecule has 1 aromatic carbocycles. The van der Waals surface area contributed by atoms with Gasteiger partial charge in [0.2, 0.25) is 5.28 Å². The number of aromatic nitrogens is 2. The molecule has 2 aromatic rings. The molecule has 0 aliphatic carbocycles. The quantitative estimate of drug-likeness (QED) is 0.788. The molecule has 0 N–H and O–H groups in total. The highest BCUT2D eigenvalue weighted by molar-refractivity contribution is 6.28. The molecule has 0 saturated heterocycles. The molecule has 0 aliphatic rings. The van der Waals surface area contributed by atoms with Gasteiger partial charge < -0.3 is 4.74 Å². The van der Waals surface area contributed by atoms with Gasteiger partial charge in [0.15, 0.2) is 5.82 Å². The third kappa shape index (κ3) is 2.78. The van der Waals surface area contributed by atoms with Crippen LogP contribution >= 0.6 is 11.6 Å². The second kappa shape index (κ2) is 5.21. The van der Waals surface area contributed by atoms with E-state index in [-0.39, 0.29) is 11.0 Å². The van der Waals surface area contributed by atoms with Crippen molar-refractivity contribution in [3.8, 4) is 11.3 Å². The van der Waals surface area contributed by atoms with Crippen molar-refractivity contribution >= 4 is 11.6 Å². The summed E-state index contributed by atoms with van der Waals surface area (Å²) >= 11 is 5.64. The summed E-state index contributed by atoms with van der Waals surface area (Å²) in [5.41, 5.74) is 1.87. The van der Waals surface area contributed by atoms with Gasteiger partial charge in [0.05, 0.1) is 12.8 Å². The van der Waals surface area contributed by atoms with Crippen LogP contribution in [-0.2, 0) is 11.3 Å². The highest BCUT2D eigenvalue weighted by Crippen LogP contribution is 2.21. The summed E-state index contributed by atoms with van der Waals surface area (Å²) in [5, 5.41) is 0.0300. The van der Waals surface area contributed by atoms with E-state index in [4.69, 9.17) is 16.3 Å². The topological polar surface area (TPSA) is 35.0 Å². The first-order chi connectivity index (χ1) is 8.20. The maximum Gasteiger partial charge on any atom is 0.223 e. The summed E-state index contributed by atoms with van der Waals surface area (Å²) in [5.74, 6) is -0.492. The number of rotatable bonds is 3. The Bertz CT molecular complexity index is 516. The molecule has 0 unspecified atom stereocenters. The number of ether oxygens (including phenoxy) is 1. The highest BCUT2D eigenvalue weighted by Gasteiger charge is 2.08. The van der Waals surface area contributed by atoms with Gasteiger partial charge in [-0.05, 0) is 17.2 Å². The molecule has 0 radical (unpaired) electrons. The van der Waals surface area contributed by atoms with Crippen LogP contribution in [0.3, 0.4) is 0 Å². The molecule has 0 atom stereocenters. The van der Waals surface area contributed by atoms with E-state index < -0.39 is 5.82 Å². The number of methoxy groups -OCH3 is 1. The van der Waals surface area contributed by atoms with E-state index in [9.17, 15) is 4.39 Å². The zero-order valence-corrected chi connectivity index (χ0v) is 9.91. The van der Waals surface area contributed by atoms with Gasteiger partial charge in [-0.2, -0.15) is 0 Å². The van der Waals surface area contributed by atoms with E-state index in [1.54, 1.807) is 19.2 Å². The smallest absolute Gasteiger partial charge is 0.223 e. The predicted molar refractivity (Wildman–Crippen MR) is 63.1 cm³/mol. The fourth-order valence-corrected chi connectivity index (χ4v) is 1.61. The monoisotopic (exact) mass is 252 g/mol. The zero-order chi connectivity index (χ0) is 12.3. The van der Waals surface area contributed by atoms with Crippen molar-refractivity contribution in [2.24, 2.45) is 0 Å². The van der Waals surface area contributed by atoms with Crippen molar-refractivity contribution in [2.45, 2.75) is 6.61 Å². The van der Waals surface area contributed by atoms with Gasteiger partial charge in [0.25, 0.3) is 0 Å². The van der Waals surface area contributed by atoms with E-state index >= 15 is 0 Å². The van der Waals surface area contributed by atoms with E-state index in [1.807, 2.05) is 12.1 Å². The fourth-order valence-electron chi connectivity index (χ4n) is 1.47. The van der Waals surface area contributed by atoms with Crippen LogP contribution in [0, 0.1) is 5.82 Å². The maximum atomic E-state index is 13.5. The van der Waals surface area contributed by atoms with Gasteiger partial charge in [0.1, 0.15) is 5.69 Å². The van der Waals surface area contributed by atoms with Crippen molar-refractivity contribution in [1.82, 2.24) is 9.97 Å². The third-order valence-electron chi connectivity index (χ3n) is 2.25. The van der Waals surface area contributed by atoms with Crippen LogP contribution in [0.25, 0.3) is 11.3 Å². The first-order valence-corrected chi connectivity index (χ1v) is 5.35. The molecule has 0 amide bonds. The molecule has 2 rings (SSSR count). The molecule has 0 saturated carbocycles. The van der Waals surface area contributed by atoms with Crippen LogP contribution in [0.2, 0.25) is 5.28 Å². The largest absolute Gasteiger partial charge is 0.380 e. The molecule has 0 fully saturated rings. The minimum Gasteiger partial charge on any atom is -0.380 e. The molecule has 1 aromatic heterocycles. The van der Waals surface area contributed by atoms with Crippen molar-refractivity contribution < 1.29 is 9.13 Å². The maximum absolute atomic E-state index is 13.5. The van der Waals surface area contributed by atoms with Crippen molar-refractivity contribution in [3.05, 3.63) is 47.1 Å². The van der Waals surface area contributed by atoms with Gasteiger partial charge >= 0.3 is 0 Å². The molecule has 5 heteroatoms. The number of hydrogen-bond acceptors (Lipinski definition) is 3. The van der Waals surface area contributed by atoms with Crippen LogP contribution < -0.4 is 0 Å². The Balaban J connectivity index is 2.36. The minimum absolute atomic E-state index is 0.0300. The van der Waals surface area contributed by atoms with E-state index in [0.717, 1.165) is 11.8 Å². The van der Waals surface area contributed by atoms with Crippen molar-refractivity contribution in [3.63, 3.8) is 0 Å². The molecule has 17 heavy (non-hydrogen) atoms. The summed E-state index contributed by atoms with van der Waals surface area (Å²) in [6.45, 7) is 0.521. The Morgan fingerprint density at radius 2 is 2.00 bits per heavy atom. The molecule has 88 valence electrons. The summed E-state index contributed by atoms with van der Waals surface area (Å²) in [7, 11) is 1.62. The Morgan fingerprint density at radius 1 is 1.29 bits per heavy atom. The number of hydrogen-bond donors (Lipinski definition) is 0. The second-order valence-corrected chi connectivity index (χ2v) is 3.80. The van der Waals surface area contributed by atoms with E-state index in [1.165, 1.54) is 0 Å². The van der Waals surface area contributed by atoms with Gasteiger partial charge in [-0.3, -0.25) is 0 Å². The molecule has 3 nitrogen and oxygen atoms in total. The molecule has 0 spiro atoms. The Hall–Kier alpha value is -1.52. The lowest BCUT2D eigenvalue weighted by Crippen LogP contribution is -1.93.